The molecule has 2 N–H and O–H groups in total. The number of rotatable bonds is 6. The van der Waals surface area contributed by atoms with Crippen LogP contribution in [0, 0.1) is 0 Å². The molecule has 0 aromatic carbocycles. The van der Waals surface area contributed by atoms with Crippen LogP contribution in [0.3, 0.4) is 0 Å². The monoisotopic (exact) mass is 157 g/mol. The van der Waals surface area contributed by atoms with Gasteiger partial charge in [-0.15, -0.1) is 0 Å². The van der Waals surface area contributed by atoms with E-state index in [1.165, 1.54) is 5.57 Å². The summed E-state index contributed by atoms with van der Waals surface area (Å²) >= 11 is 0. The highest BCUT2D eigenvalue weighted by Gasteiger charge is 1.88. The van der Waals surface area contributed by atoms with Gasteiger partial charge in [0.05, 0.1) is 6.61 Å². The fraction of sp³-hybridized carbons (Fsp3) is 0.778. The quantitative estimate of drug-likeness (QED) is 0.470. The topological polar surface area (TPSA) is 35.2 Å². The summed E-state index contributed by atoms with van der Waals surface area (Å²) in [5, 5.41) is 0. The van der Waals surface area contributed by atoms with E-state index in [4.69, 9.17) is 10.5 Å². The Bertz CT molecular complexity index is 110. The maximum absolute atomic E-state index is 5.35. The third-order valence-electron chi connectivity index (χ3n) is 1.34. The minimum absolute atomic E-state index is 0.727. The van der Waals surface area contributed by atoms with Crippen molar-refractivity contribution >= 4 is 0 Å². The second kappa shape index (κ2) is 7.76. The third-order valence-corrected chi connectivity index (χ3v) is 1.34. The van der Waals surface area contributed by atoms with Crippen molar-refractivity contribution in [3.63, 3.8) is 0 Å². The minimum atomic E-state index is 0.727. The summed E-state index contributed by atoms with van der Waals surface area (Å²) in [4.78, 5) is 0. The SMILES string of the molecule is CCCOCC(C)=CCCN. The van der Waals surface area contributed by atoms with Crippen molar-refractivity contribution in [3.8, 4) is 0 Å². The van der Waals surface area contributed by atoms with Crippen LogP contribution in [0.4, 0.5) is 0 Å². The predicted octanol–water partition coefficient (Wildman–Crippen LogP) is 1.71. The molecule has 0 saturated carbocycles. The molecule has 0 spiro atoms. The van der Waals surface area contributed by atoms with Crippen molar-refractivity contribution in [2.24, 2.45) is 5.73 Å². The maximum atomic E-state index is 5.35. The van der Waals surface area contributed by atoms with E-state index in [-0.39, 0.29) is 0 Å². The van der Waals surface area contributed by atoms with Gasteiger partial charge in [-0.2, -0.15) is 0 Å². The highest BCUT2D eigenvalue weighted by atomic mass is 16.5. The Hall–Kier alpha value is -0.340. The molecule has 0 rings (SSSR count). The van der Waals surface area contributed by atoms with Crippen molar-refractivity contribution in [1.82, 2.24) is 0 Å². The van der Waals surface area contributed by atoms with Crippen LogP contribution >= 0.6 is 0 Å². The van der Waals surface area contributed by atoms with Gasteiger partial charge in [-0.25, -0.2) is 0 Å². The fourth-order valence-electron chi connectivity index (χ4n) is 0.766. The van der Waals surface area contributed by atoms with Crippen LogP contribution in [0.1, 0.15) is 26.7 Å². The van der Waals surface area contributed by atoms with Crippen molar-refractivity contribution in [2.75, 3.05) is 19.8 Å². The summed E-state index contributed by atoms with van der Waals surface area (Å²) in [7, 11) is 0. The molecule has 0 bridgehead atoms. The van der Waals surface area contributed by atoms with Gasteiger partial charge in [0.15, 0.2) is 0 Å². The number of hydrogen-bond donors (Lipinski definition) is 1. The highest BCUT2D eigenvalue weighted by Crippen LogP contribution is 1.95. The average Bonchev–Trinajstić information content (AvgIpc) is 2.01. The number of ether oxygens (including phenoxy) is 1. The average molecular weight is 157 g/mol. The number of nitrogens with two attached hydrogens (primary N) is 1. The summed E-state index contributed by atoms with van der Waals surface area (Å²) in [6.45, 7) is 6.52. The molecular formula is C9H19NO. The minimum Gasteiger partial charge on any atom is -0.377 e. The molecule has 0 radical (unpaired) electrons. The zero-order valence-corrected chi connectivity index (χ0v) is 7.60. The Morgan fingerprint density at radius 2 is 2.27 bits per heavy atom. The van der Waals surface area contributed by atoms with Gasteiger partial charge < -0.3 is 10.5 Å². The molecule has 0 aromatic rings. The Kier molecular flexibility index (Phi) is 7.52. The van der Waals surface area contributed by atoms with Crippen LogP contribution < -0.4 is 5.73 Å². The van der Waals surface area contributed by atoms with Crippen LogP contribution in [-0.4, -0.2) is 19.8 Å². The first-order valence-corrected chi connectivity index (χ1v) is 4.24. The Labute approximate surface area is 69.4 Å². The van der Waals surface area contributed by atoms with Crippen LogP contribution in [0.5, 0.6) is 0 Å². The predicted molar refractivity (Wildman–Crippen MR) is 48.5 cm³/mol. The van der Waals surface area contributed by atoms with Gasteiger partial charge in [-0.05, 0) is 26.3 Å². The van der Waals surface area contributed by atoms with E-state index in [0.29, 0.717) is 0 Å². The Morgan fingerprint density at radius 1 is 1.55 bits per heavy atom. The van der Waals surface area contributed by atoms with Crippen LogP contribution in [0.2, 0.25) is 0 Å². The highest BCUT2D eigenvalue weighted by molar-refractivity contribution is 4.97. The summed E-state index contributed by atoms with van der Waals surface area (Å²) in [6.07, 6.45) is 4.18. The molecule has 0 amide bonds. The van der Waals surface area contributed by atoms with Gasteiger partial charge in [0, 0.05) is 6.61 Å². The molecule has 0 aromatic heterocycles. The molecule has 0 saturated heterocycles. The lowest BCUT2D eigenvalue weighted by atomic mass is 10.2. The summed E-state index contributed by atoms with van der Waals surface area (Å²) in [5.41, 5.74) is 6.63. The van der Waals surface area contributed by atoms with E-state index in [1.54, 1.807) is 0 Å². The summed E-state index contributed by atoms with van der Waals surface area (Å²) in [6, 6.07) is 0. The second-order valence-electron chi connectivity index (χ2n) is 2.68. The normalized spacial score (nSPS) is 12.1. The molecule has 0 atom stereocenters. The standard InChI is InChI=1S/C9H19NO/c1-3-7-11-8-9(2)5-4-6-10/h5H,3-4,6-8,10H2,1-2H3. The third kappa shape index (κ3) is 7.56. The zero-order chi connectivity index (χ0) is 8.53. The van der Waals surface area contributed by atoms with Crippen molar-refractivity contribution in [2.45, 2.75) is 26.7 Å². The van der Waals surface area contributed by atoms with Crippen molar-refractivity contribution < 1.29 is 4.74 Å². The van der Waals surface area contributed by atoms with E-state index >= 15 is 0 Å². The van der Waals surface area contributed by atoms with Crippen molar-refractivity contribution in [3.05, 3.63) is 11.6 Å². The van der Waals surface area contributed by atoms with Gasteiger partial charge in [0.1, 0.15) is 0 Å². The molecule has 0 aliphatic heterocycles. The van der Waals surface area contributed by atoms with E-state index < -0.39 is 0 Å². The second-order valence-corrected chi connectivity index (χ2v) is 2.68. The largest absolute Gasteiger partial charge is 0.377 e. The molecule has 0 unspecified atom stereocenters. The Balaban J connectivity index is 3.27. The molecule has 66 valence electrons. The molecule has 0 fully saturated rings. The lowest BCUT2D eigenvalue weighted by molar-refractivity contribution is 0.156. The van der Waals surface area contributed by atoms with Crippen LogP contribution in [-0.2, 0) is 4.74 Å². The van der Waals surface area contributed by atoms with Gasteiger partial charge in [-0.1, -0.05) is 18.6 Å². The molecule has 0 aliphatic carbocycles. The molecule has 11 heavy (non-hydrogen) atoms. The van der Waals surface area contributed by atoms with E-state index in [9.17, 15) is 0 Å². The van der Waals surface area contributed by atoms with Gasteiger partial charge in [0.2, 0.25) is 0 Å². The van der Waals surface area contributed by atoms with E-state index in [1.807, 2.05) is 0 Å². The molecular weight excluding hydrogens is 138 g/mol. The zero-order valence-electron chi connectivity index (χ0n) is 7.60. The van der Waals surface area contributed by atoms with Crippen LogP contribution in [0.15, 0.2) is 11.6 Å². The molecule has 2 heteroatoms. The van der Waals surface area contributed by atoms with E-state index in [0.717, 1.165) is 32.6 Å². The lowest BCUT2D eigenvalue weighted by Gasteiger charge is -2.01. The first-order valence-electron chi connectivity index (χ1n) is 4.24. The fourth-order valence-corrected chi connectivity index (χ4v) is 0.766. The smallest absolute Gasteiger partial charge is 0.0674 e. The van der Waals surface area contributed by atoms with Gasteiger partial charge >= 0.3 is 0 Å². The van der Waals surface area contributed by atoms with Crippen molar-refractivity contribution in [1.29, 1.82) is 0 Å². The van der Waals surface area contributed by atoms with Crippen LogP contribution in [0.25, 0.3) is 0 Å². The summed E-state index contributed by atoms with van der Waals surface area (Å²) in [5.74, 6) is 0. The lowest BCUT2D eigenvalue weighted by Crippen LogP contribution is -1.99. The van der Waals surface area contributed by atoms with E-state index in [2.05, 4.69) is 19.9 Å². The first-order chi connectivity index (χ1) is 5.31. The number of hydrogen-bond acceptors (Lipinski definition) is 2. The molecule has 0 heterocycles. The Morgan fingerprint density at radius 3 is 2.82 bits per heavy atom. The molecule has 2 nitrogen and oxygen atoms in total. The summed E-state index contributed by atoms with van der Waals surface area (Å²) < 4.78 is 5.33. The maximum Gasteiger partial charge on any atom is 0.0674 e. The molecule has 0 aliphatic rings. The van der Waals surface area contributed by atoms with Gasteiger partial charge in [0.25, 0.3) is 0 Å². The van der Waals surface area contributed by atoms with Gasteiger partial charge in [-0.3, -0.25) is 0 Å². The first kappa shape index (κ1) is 10.7.